The number of rotatable bonds is 51. The third kappa shape index (κ3) is 38.4. The Morgan fingerprint density at radius 3 is 1.48 bits per heavy atom. The number of thioether (sulfide) groups is 1. The monoisotopic (exact) mass is 1690 g/mol. The van der Waals surface area contributed by atoms with Gasteiger partial charge in [0.25, 0.3) is 5.97 Å². The Labute approximate surface area is 692 Å². The number of aromatic nitrogens is 1. The third-order valence-electron chi connectivity index (χ3n) is 18.1. The van der Waals surface area contributed by atoms with Gasteiger partial charge in [-0.1, -0.05) is 90.1 Å². The van der Waals surface area contributed by atoms with Gasteiger partial charge >= 0.3 is 0 Å². The fourth-order valence-electron chi connectivity index (χ4n) is 12.0. The summed E-state index contributed by atoms with van der Waals surface area (Å²) in [7, 11) is 0. The minimum atomic E-state index is -1.89. The van der Waals surface area contributed by atoms with Crippen molar-refractivity contribution >= 4 is 141 Å². The van der Waals surface area contributed by atoms with Crippen LogP contribution in [0.1, 0.15) is 144 Å². The smallest absolute Gasteiger partial charge is 0.300 e. The number of carbonyl (C=O) groups excluding carboxylic acids is 18. The molecular weight excluding hydrogens is 1570 g/mol. The largest absolute Gasteiger partial charge is 0.481 e. The number of benzene rings is 2. The first-order valence-corrected chi connectivity index (χ1v) is 40.0. The van der Waals surface area contributed by atoms with Gasteiger partial charge in [0.15, 0.2) is 5.96 Å². The van der Waals surface area contributed by atoms with Gasteiger partial charge < -0.3 is 119 Å². The molecule has 2 aromatic carbocycles. The molecule has 0 saturated carbocycles. The number of carbonyl (C=O) groups is 19. The second-order valence-electron chi connectivity index (χ2n) is 29.6. The minimum absolute atomic E-state index is 0.0390. The first-order valence-electron chi connectivity index (χ1n) is 38.6. The third-order valence-corrected chi connectivity index (χ3v) is 18.7. The summed E-state index contributed by atoms with van der Waals surface area (Å²) in [6.07, 6.45) is 0.746. The first-order chi connectivity index (χ1) is 56.0. The maximum atomic E-state index is 14.6. The van der Waals surface area contributed by atoms with Crippen molar-refractivity contribution in [1.82, 2.24) is 84.7 Å². The molecule has 18 amide bonds. The Balaban J connectivity index is 0.00000893. The Hall–Kier alpha value is -12.5. The van der Waals surface area contributed by atoms with Crippen molar-refractivity contribution in [3.63, 3.8) is 0 Å². The van der Waals surface area contributed by atoms with E-state index in [-0.39, 0.29) is 89.0 Å². The summed E-state index contributed by atoms with van der Waals surface area (Å²) < 4.78 is 0. The van der Waals surface area contributed by atoms with Crippen molar-refractivity contribution in [3.05, 3.63) is 71.9 Å². The lowest BCUT2D eigenvalue weighted by Crippen LogP contribution is -2.60. The molecule has 1 aliphatic rings. The molecule has 0 radical (unpaired) electrons. The maximum Gasteiger partial charge on any atom is 0.300 e. The van der Waals surface area contributed by atoms with Gasteiger partial charge in [0.1, 0.15) is 72.5 Å². The highest BCUT2D eigenvalue weighted by Gasteiger charge is 2.38. The zero-order chi connectivity index (χ0) is 89.3. The van der Waals surface area contributed by atoms with Crippen molar-refractivity contribution in [2.24, 2.45) is 46.4 Å². The number of hydrogen-bond donors (Lipinski definition) is 23. The summed E-state index contributed by atoms with van der Waals surface area (Å²) in [5.74, 6) is -18.0. The van der Waals surface area contributed by atoms with Crippen LogP contribution in [-0.2, 0) is 104 Å². The molecule has 42 nitrogen and oxygen atoms in total. The Kier molecular flexibility index (Phi) is 43.6. The molecule has 12 unspecified atom stereocenters. The predicted octanol–water partition coefficient (Wildman–Crippen LogP) is -5.44. The molecular formula is C76H116N22O20S. The second kappa shape index (κ2) is 51.6. The van der Waals surface area contributed by atoms with Crippen molar-refractivity contribution < 1.29 is 96.2 Å². The van der Waals surface area contributed by atoms with Crippen LogP contribution >= 0.6 is 11.8 Å². The standard InChI is InChI=1S/C74H112N22O18S.C2H4O2/c1-37(2)29-50(93-65(106)46(19-14-27-81-74(79)80)90-67(108)48(20-23-55(75)97)91-66(107)47-22-25-58(100)86-47)64(105)83-35-59(101)88-54(33-57(77)99)72(113)92-49(21-24-56(76)98)68(109)95-53(32-42-34-82-44-18-13-12-17-43(42)44)69(110)85-40(7)63(104)96-61(39(5)6)73(114)84-36-60(102)87-52(31-41-15-10-9-11-16-41)71(112)94-51(30-38(3)4)70(111)89-45(62(78)103)26-28-115-8;1-2(3)4/h9-13,15-18,34,37-40,45-54,61,82H,14,19-33,35-36H2,1-8H3,(H2,75,97)(H2,76,98)(H2,77,99)(H2,78,103)(H,83,105)(H,84,114)(H,85,110)(H,86,100)(H,87,102)(H,88,101)(H,89,111)(H,90,108)(H,91,107)(H,92,113)(H,93,106)(H,94,112)(H,95,109)(H,96,104)(H4,79,80,81);1H3,(H,3,4). The van der Waals surface area contributed by atoms with Crippen molar-refractivity contribution in [1.29, 1.82) is 5.41 Å². The van der Waals surface area contributed by atoms with E-state index in [0.717, 1.165) is 6.92 Å². The van der Waals surface area contributed by atoms with Crippen molar-refractivity contribution in [2.75, 3.05) is 31.6 Å². The normalized spacial score (nSPS) is 15.0. The molecule has 2 heterocycles. The van der Waals surface area contributed by atoms with Crippen LogP contribution in [0.3, 0.4) is 0 Å². The molecule has 119 heavy (non-hydrogen) atoms. The van der Waals surface area contributed by atoms with E-state index < -0.39 is 229 Å². The molecule has 28 N–H and O–H groups in total. The molecule has 0 spiro atoms. The minimum Gasteiger partial charge on any atom is -0.481 e. The van der Waals surface area contributed by atoms with Crippen LogP contribution in [0, 0.1) is 23.2 Å². The maximum absolute atomic E-state index is 14.6. The van der Waals surface area contributed by atoms with Gasteiger partial charge in [-0.15, -0.1) is 0 Å². The predicted molar refractivity (Wildman–Crippen MR) is 435 cm³/mol. The van der Waals surface area contributed by atoms with Crippen LogP contribution in [0.5, 0.6) is 0 Å². The van der Waals surface area contributed by atoms with E-state index in [1.807, 2.05) is 20.1 Å². The number of hydrogen-bond acceptors (Lipinski definition) is 21. The Bertz CT molecular complexity index is 4070. The number of nitrogens with two attached hydrogens (primary N) is 5. The van der Waals surface area contributed by atoms with E-state index in [4.69, 9.17) is 44.0 Å². The topological polar surface area (TPSA) is 695 Å². The lowest BCUT2D eigenvalue weighted by atomic mass is 10.0. The van der Waals surface area contributed by atoms with Gasteiger partial charge in [-0.25, -0.2) is 0 Å². The molecule has 4 rings (SSSR count). The van der Waals surface area contributed by atoms with E-state index >= 15 is 0 Å². The number of para-hydroxylation sites is 1. The number of aliphatic carboxylic acids is 1. The molecule has 1 aliphatic heterocycles. The zero-order valence-corrected chi connectivity index (χ0v) is 69.0. The van der Waals surface area contributed by atoms with E-state index in [0.29, 0.717) is 27.8 Å². The quantitative estimate of drug-likeness (QED) is 0.0142. The number of aromatic amines is 1. The lowest BCUT2D eigenvalue weighted by molar-refractivity contribution is -0.136. The number of primary amides is 4. The van der Waals surface area contributed by atoms with E-state index in [1.54, 1.807) is 88.5 Å². The first kappa shape index (κ1) is 101. The van der Waals surface area contributed by atoms with Gasteiger partial charge in [-0.2, -0.15) is 11.8 Å². The molecule has 12 atom stereocenters. The summed E-state index contributed by atoms with van der Waals surface area (Å²) in [5, 5.41) is 53.3. The molecule has 0 aliphatic carbocycles. The van der Waals surface area contributed by atoms with E-state index in [1.165, 1.54) is 18.7 Å². The number of guanidine groups is 1. The number of nitrogens with one attached hydrogen (secondary N) is 17. The highest BCUT2D eigenvalue weighted by Crippen LogP contribution is 2.21. The Morgan fingerprint density at radius 1 is 0.504 bits per heavy atom. The Morgan fingerprint density at radius 2 is 0.966 bits per heavy atom. The van der Waals surface area contributed by atoms with Crippen molar-refractivity contribution in [3.8, 4) is 0 Å². The fourth-order valence-corrected chi connectivity index (χ4v) is 12.5. The van der Waals surface area contributed by atoms with E-state index in [2.05, 4.69) is 84.7 Å². The zero-order valence-electron chi connectivity index (χ0n) is 68.2. The lowest BCUT2D eigenvalue weighted by Gasteiger charge is -2.27. The van der Waals surface area contributed by atoms with Crippen molar-refractivity contribution in [2.45, 2.75) is 218 Å². The molecule has 43 heteroatoms. The van der Waals surface area contributed by atoms with Crippen LogP contribution < -0.4 is 108 Å². The van der Waals surface area contributed by atoms with Crippen LogP contribution in [0.25, 0.3) is 10.9 Å². The number of fused-ring (bicyclic) bond motifs is 1. The van der Waals surface area contributed by atoms with Crippen LogP contribution in [-0.4, -0.2) is 232 Å². The molecule has 1 saturated heterocycles. The molecule has 656 valence electrons. The summed E-state index contributed by atoms with van der Waals surface area (Å²) in [5.41, 5.74) is 29.1. The number of H-pyrrole nitrogens is 1. The molecule has 3 aromatic rings. The average Bonchev–Trinajstić information content (AvgIpc) is 1.70. The van der Waals surface area contributed by atoms with Gasteiger partial charge in [0.05, 0.1) is 19.5 Å². The number of carboxylic acid groups (broad SMARTS) is 1. The SMILES string of the molecule is CC(=O)O.CSCCC(NC(=O)C(CC(C)C)NC(=O)C(Cc1ccccc1)NC(=O)CNC(=O)C(NC(=O)C(C)NC(=O)C(Cc1c[nH]c2ccccc12)NC(=O)C(CCC(N)=O)NC(=O)C(CC(N)=O)NC(=O)CNC(=O)C(CC(C)C)NC(=O)C(CCCNC(=N)N)NC(=O)C(CCC(N)=O)NC(=O)C1CCC(=O)N1)C(C)C)C(N)=O. The molecule has 0 bridgehead atoms. The molecule has 1 fully saturated rings. The number of carboxylic acids is 1. The average molecular weight is 1690 g/mol. The van der Waals surface area contributed by atoms with Gasteiger partial charge in [0, 0.05) is 62.7 Å². The van der Waals surface area contributed by atoms with Gasteiger partial charge in [-0.3, -0.25) is 96.5 Å². The molecule has 1 aromatic heterocycles. The summed E-state index contributed by atoms with van der Waals surface area (Å²) in [4.78, 5) is 255. The van der Waals surface area contributed by atoms with Gasteiger partial charge in [0.2, 0.25) is 106 Å². The van der Waals surface area contributed by atoms with Gasteiger partial charge in [-0.05, 0) is 105 Å². The highest BCUT2D eigenvalue weighted by atomic mass is 32.2. The summed E-state index contributed by atoms with van der Waals surface area (Å²) in [6, 6.07) is -1.36. The van der Waals surface area contributed by atoms with Crippen LogP contribution in [0.4, 0.5) is 0 Å². The number of amides is 18. The summed E-state index contributed by atoms with van der Waals surface area (Å²) >= 11 is 1.44. The fraction of sp³-hybridized carbons (Fsp3) is 0.553. The second-order valence-corrected chi connectivity index (χ2v) is 30.6. The van der Waals surface area contributed by atoms with E-state index in [9.17, 15) is 86.3 Å². The summed E-state index contributed by atoms with van der Waals surface area (Å²) in [6.45, 7) is 11.0. The van der Waals surface area contributed by atoms with Crippen LogP contribution in [0.15, 0.2) is 60.8 Å². The highest BCUT2D eigenvalue weighted by molar-refractivity contribution is 7.98. The van der Waals surface area contributed by atoms with Crippen LogP contribution in [0.2, 0.25) is 0 Å².